The van der Waals surface area contributed by atoms with Crippen molar-refractivity contribution < 1.29 is 0 Å². The number of hydrogen-bond donors (Lipinski definition) is 3. The molecule has 1 atom stereocenters. The summed E-state index contributed by atoms with van der Waals surface area (Å²) in [5.74, 6) is 6.18. The normalized spacial score (nSPS) is 12.9. The predicted octanol–water partition coefficient (Wildman–Crippen LogP) is 0.247. The molecule has 0 spiro atoms. The minimum absolute atomic E-state index is 0.169. The minimum atomic E-state index is -0.169. The summed E-state index contributed by atoms with van der Waals surface area (Å²) < 4.78 is 1.64. The van der Waals surface area contributed by atoms with Crippen molar-refractivity contribution in [1.82, 2.24) is 30.4 Å². The summed E-state index contributed by atoms with van der Waals surface area (Å²) in [6.07, 6.45) is 2.04. The van der Waals surface area contributed by atoms with Gasteiger partial charge in [-0.15, -0.1) is 0 Å². The molecule has 7 nitrogen and oxygen atoms in total. The molecule has 0 aliphatic carbocycles. The van der Waals surface area contributed by atoms with Gasteiger partial charge in [0.25, 0.3) is 0 Å². The van der Waals surface area contributed by atoms with E-state index >= 15 is 0 Å². The number of aromatic nitrogens is 5. The molecule has 0 aromatic carbocycles. The van der Waals surface area contributed by atoms with Crippen LogP contribution in [0.4, 0.5) is 0 Å². The Labute approximate surface area is 103 Å². The summed E-state index contributed by atoms with van der Waals surface area (Å²) in [5.41, 5.74) is 4.53. The minimum Gasteiger partial charge on any atom is -0.271 e. The van der Waals surface area contributed by atoms with Crippen LogP contribution in [0.2, 0.25) is 5.15 Å². The Hall–Kier alpha value is -1.44. The van der Waals surface area contributed by atoms with E-state index in [1.54, 1.807) is 11.7 Å². The van der Waals surface area contributed by atoms with Crippen molar-refractivity contribution in [3.8, 4) is 0 Å². The van der Waals surface area contributed by atoms with Gasteiger partial charge in [-0.25, -0.2) is 10.4 Å². The highest BCUT2D eigenvalue weighted by Crippen LogP contribution is 2.23. The van der Waals surface area contributed by atoms with Gasteiger partial charge in [0.15, 0.2) is 0 Å². The Kier molecular flexibility index (Phi) is 3.41. The molecule has 2 aromatic heterocycles. The third-order valence-electron chi connectivity index (χ3n) is 2.64. The highest BCUT2D eigenvalue weighted by atomic mass is 35.5. The first-order chi connectivity index (χ1) is 8.13. The van der Waals surface area contributed by atoms with Crippen molar-refractivity contribution in [1.29, 1.82) is 0 Å². The van der Waals surface area contributed by atoms with Crippen LogP contribution in [-0.4, -0.2) is 25.0 Å². The van der Waals surface area contributed by atoms with Gasteiger partial charge in [-0.3, -0.25) is 15.6 Å². The second-order valence-electron chi connectivity index (χ2n) is 3.77. The predicted molar refractivity (Wildman–Crippen MR) is 63.1 cm³/mol. The largest absolute Gasteiger partial charge is 0.271 e. The van der Waals surface area contributed by atoms with E-state index in [1.165, 1.54) is 6.33 Å². The second-order valence-corrected chi connectivity index (χ2v) is 4.13. The summed E-state index contributed by atoms with van der Waals surface area (Å²) in [4.78, 5) is 4.07. The van der Waals surface area contributed by atoms with Crippen molar-refractivity contribution in [3.05, 3.63) is 28.6 Å². The molecule has 0 fully saturated rings. The summed E-state index contributed by atoms with van der Waals surface area (Å²) in [6.45, 7) is 1.91. The van der Waals surface area contributed by atoms with Gasteiger partial charge >= 0.3 is 0 Å². The summed E-state index contributed by atoms with van der Waals surface area (Å²) >= 11 is 6.16. The number of hydrazine groups is 1. The van der Waals surface area contributed by atoms with Crippen molar-refractivity contribution in [2.45, 2.75) is 19.4 Å². The van der Waals surface area contributed by atoms with Gasteiger partial charge in [0.1, 0.15) is 17.3 Å². The molecular formula is C9H14ClN7. The summed E-state index contributed by atoms with van der Waals surface area (Å²) in [5, 5.41) is 11.4. The van der Waals surface area contributed by atoms with E-state index in [9.17, 15) is 0 Å². The molecule has 0 saturated carbocycles. The van der Waals surface area contributed by atoms with Crippen LogP contribution in [-0.2, 0) is 13.5 Å². The molecule has 8 heteroatoms. The topological polar surface area (TPSA) is 97.4 Å². The van der Waals surface area contributed by atoms with Gasteiger partial charge in [-0.05, 0) is 6.92 Å². The van der Waals surface area contributed by atoms with Gasteiger partial charge in [0, 0.05) is 19.0 Å². The Morgan fingerprint density at radius 2 is 2.41 bits per heavy atom. The van der Waals surface area contributed by atoms with E-state index in [2.05, 4.69) is 25.7 Å². The van der Waals surface area contributed by atoms with Crippen LogP contribution in [0.1, 0.15) is 23.1 Å². The first kappa shape index (κ1) is 12.0. The van der Waals surface area contributed by atoms with E-state index in [0.29, 0.717) is 17.4 Å². The number of nitrogens with one attached hydrogen (secondary N) is 2. The van der Waals surface area contributed by atoms with Gasteiger partial charge in [-0.2, -0.15) is 10.2 Å². The maximum absolute atomic E-state index is 6.16. The van der Waals surface area contributed by atoms with Gasteiger partial charge in [0.05, 0.1) is 11.7 Å². The van der Waals surface area contributed by atoms with Crippen LogP contribution in [0.3, 0.4) is 0 Å². The van der Waals surface area contributed by atoms with Crippen LogP contribution >= 0.6 is 11.6 Å². The van der Waals surface area contributed by atoms with Crippen LogP contribution in [0.5, 0.6) is 0 Å². The van der Waals surface area contributed by atoms with Crippen LogP contribution in [0.15, 0.2) is 6.33 Å². The van der Waals surface area contributed by atoms with Gasteiger partial charge in [0.2, 0.25) is 0 Å². The molecule has 0 bridgehead atoms. The molecule has 2 heterocycles. The van der Waals surface area contributed by atoms with E-state index < -0.39 is 0 Å². The SMILES string of the molecule is Cc1nn(C)c(Cl)c1CC(NN)c1ncn[nH]1. The molecular weight excluding hydrogens is 242 g/mol. The lowest BCUT2D eigenvalue weighted by Crippen LogP contribution is -2.30. The molecule has 2 aromatic rings. The van der Waals surface area contributed by atoms with Crippen LogP contribution < -0.4 is 11.3 Å². The van der Waals surface area contributed by atoms with Crippen LogP contribution in [0, 0.1) is 6.92 Å². The highest BCUT2D eigenvalue weighted by Gasteiger charge is 2.19. The zero-order chi connectivity index (χ0) is 12.4. The number of H-pyrrole nitrogens is 1. The molecule has 4 N–H and O–H groups in total. The smallest absolute Gasteiger partial charge is 0.143 e. The molecule has 0 aliphatic rings. The zero-order valence-corrected chi connectivity index (χ0v) is 10.4. The molecule has 0 amide bonds. The van der Waals surface area contributed by atoms with Gasteiger partial charge < -0.3 is 0 Å². The monoisotopic (exact) mass is 255 g/mol. The lowest BCUT2D eigenvalue weighted by molar-refractivity contribution is 0.523. The number of nitrogens with zero attached hydrogens (tertiary/aromatic N) is 4. The fourth-order valence-electron chi connectivity index (χ4n) is 1.73. The second kappa shape index (κ2) is 4.82. The lowest BCUT2D eigenvalue weighted by Gasteiger charge is -2.12. The standard InChI is InChI=1S/C9H14ClN7/c1-5-6(8(10)17(2)16-5)3-7(14-11)9-12-4-13-15-9/h4,7,14H,3,11H2,1-2H3,(H,12,13,15). The first-order valence-corrected chi connectivity index (χ1v) is 5.50. The molecule has 0 radical (unpaired) electrons. The number of rotatable bonds is 4. The average molecular weight is 256 g/mol. The number of hydrogen-bond acceptors (Lipinski definition) is 5. The number of halogens is 1. The first-order valence-electron chi connectivity index (χ1n) is 5.12. The molecule has 92 valence electrons. The molecule has 2 rings (SSSR count). The van der Waals surface area contributed by atoms with Crippen molar-refractivity contribution >= 4 is 11.6 Å². The molecule has 0 aliphatic heterocycles. The average Bonchev–Trinajstić information content (AvgIpc) is 2.89. The van der Waals surface area contributed by atoms with E-state index in [4.69, 9.17) is 17.4 Å². The Morgan fingerprint density at radius 3 is 2.88 bits per heavy atom. The van der Waals surface area contributed by atoms with Crippen LogP contribution in [0.25, 0.3) is 0 Å². The Morgan fingerprint density at radius 1 is 1.65 bits per heavy atom. The third-order valence-corrected chi connectivity index (χ3v) is 3.12. The zero-order valence-electron chi connectivity index (χ0n) is 9.61. The van der Waals surface area contributed by atoms with Crippen molar-refractivity contribution in [2.24, 2.45) is 12.9 Å². The molecule has 1 unspecified atom stereocenters. The highest BCUT2D eigenvalue weighted by molar-refractivity contribution is 6.30. The maximum atomic E-state index is 6.16. The third kappa shape index (κ3) is 2.31. The maximum Gasteiger partial charge on any atom is 0.143 e. The number of aryl methyl sites for hydroxylation is 2. The van der Waals surface area contributed by atoms with E-state index in [1.807, 2.05) is 6.92 Å². The van der Waals surface area contributed by atoms with E-state index in [0.717, 1.165) is 11.3 Å². The molecule has 0 saturated heterocycles. The lowest BCUT2D eigenvalue weighted by atomic mass is 10.1. The van der Waals surface area contributed by atoms with Crippen molar-refractivity contribution in [3.63, 3.8) is 0 Å². The fourth-order valence-corrected chi connectivity index (χ4v) is 1.98. The summed E-state index contributed by atoms with van der Waals surface area (Å²) in [7, 11) is 1.80. The fraction of sp³-hybridized carbons (Fsp3) is 0.444. The van der Waals surface area contributed by atoms with Crippen molar-refractivity contribution in [2.75, 3.05) is 0 Å². The number of aromatic amines is 1. The Bertz CT molecular complexity index is 490. The van der Waals surface area contributed by atoms with E-state index in [-0.39, 0.29) is 6.04 Å². The Balaban J connectivity index is 2.24. The quantitative estimate of drug-likeness (QED) is 0.537. The van der Waals surface area contributed by atoms with Gasteiger partial charge in [-0.1, -0.05) is 11.6 Å². The summed E-state index contributed by atoms with van der Waals surface area (Å²) in [6, 6.07) is -0.169. The molecule has 17 heavy (non-hydrogen) atoms. The number of nitrogens with two attached hydrogens (primary N) is 1.